The van der Waals surface area contributed by atoms with Crippen LogP contribution < -0.4 is 0 Å². The van der Waals surface area contributed by atoms with Gasteiger partial charge in [0.15, 0.2) is 0 Å². The minimum absolute atomic E-state index is 0.0923. The number of nitrogens with zero attached hydrogens (tertiary/aromatic N) is 4. The third-order valence-electron chi connectivity index (χ3n) is 3.73. The highest BCUT2D eigenvalue weighted by atomic mass is 79.9. The van der Waals surface area contributed by atoms with Crippen molar-refractivity contribution in [1.82, 2.24) is 14.8 Å². The van der Waals surface area contributed by atoms with Gasteiger partial charge in [0.1, 0.15) is 0 Å². The highest BCUT2D eigenvalue weighted by Gasteiger charge is 2.23. The number of halogens is 1. The fourth-order valence-corrected chi connectivity index (χ4v) is 3.05. The number of rotatable bonds is 5. The molecular weight excluding hydrogens is 316 g/mol. The van der Waals surface area contributed by atoms with Crippen molar-refractivity contribution in [2.24, 2.45) is 0 Å². The van der Waals surface area contributed by atoms with E-state index in [9.17, 15) is 5.26 Å². The van der Waals surface area contributed by atoms with Crippen LogP contribution in [0.25, 0.3) is 0 Å². The van der Waals surface area contributed by atoms with Crippen molar-refractivity contribution in [2.75, 3.05) is 26.2 Å². The number of nitriles is 1. The van der Waals surface area contributed by atoms with Crippen molar-refractivity contribution in [1.29, 1.82) is 5.26 Å². The molecule has 0 N–H and O–H groups in total. The summed E-state index contributed by atoms with van der Waals surface area (Å²) in [5.41, 5.74) is 1.23. The fourth-order valence-electron chi connectivity index (χ4n) is 2.64. The van der Waals surface area contributed by atoms with Crippen molar-refractivity contribution >= 4 is 15.9 Å². The van der Waals surface area contributed by atoms with E-state index in [0.29, 0.717) is 0 Å². The number of aromatic nitrogens is 1. The summed E-state index contributed by atoms with van der Waals surface area (Å²) in [4.78, 5) is 8.95. The molecule has 1 aromatic rings. The molecule has 0 bridgehead atoms. The van der Waals surface area contributed by atoms with E-state index in [1.807, 2.05) is 12.4 Å². The Morgan fingerprint density at radius 1 is 1.35 bits per heavy atom. The minimum atomic E-state index is 0.0923. The first-order valence-electron chi connectivity index (χ1n) is 7.18. The molecule has 1 atom stereocenters. The maximum Gasteiger partial charge on any atom is 0.0978 e. The van der Waals surface area contributed by atoms with Crippen LogP contribution in [0.4, 0.5) is 0 Å². The van der Waals surface area contributed by atoms with Gasteiger partial charge in [-0.1, -0.05) is 13.3 Å². The lowest BCUT2D eigenvalue weighted by Crippen LogP contribution is -2.49. The molecule has 0 saturated carbocycles. The van der Waals surface area contributed by atoms with E-state index in [1.165, 1.54) is 5.56 Å². The second-order valence-corrected chi connectivity index (χ2v) is 6.17. The fraction of sp³-hybridized carbons (Fsp3) is 0.600. The highest BCUT2D eigenvalue weighted by molar-refractivity contribution is 9.10. The summed E-state index contributed by atoms with van der Waals surface area (Å²) in [6, 6.07) is 4.65. The second-order valence-electron chi connectivity index (χ2n) is 5.26. The van der Waals surface area contributed by atoms with E-state index in [2.05, 4.69) is 49.8 Å². The monoisotopic (exact) mass is 336 g/mol. The van der Waals surface area contributed by atoms with Crippen LogP contribution in [-0.2, 0) is 6.54 Å². The third-order valence-corrected chi connectivity index (χ3v) is 4.16. The van der Waals surface area contributed by atoms with Crippen LogP contribution in [0.3, 0.4) is 0 Å². The van der Waals surface area contributed by atoms with Crippen LogP contribution >= 0.6 is 15.9 Å². The van der Waals surface area contributed by atoms with Crippen LogP contribution in [0.2, 0.25) is 0 Å². The molecule has 1 aliphatic heterocycles. The van der Waals surface area contributed by atoms with Gasteiger partial charge in [-0.05, 0) is 34.0 Å². The van der Waals surface area contributed by atoms with Gasteiger partial charge in [-0.15, -0.1) is 0 Å². The molecule has 1 aromatic heterocycles. The van der Waals surface area contributed by atoms with Gasteiger partial charge >= 0.3 is 0 Å². The highest BCUT2D eigenvalue weighted by Crippen LogP contribution is 2.15. The van der Waals surface area contributed by atoms with Crippen molar-refractivity contribution in [3.8, 4) is 6.07 Å². The molecule has 1 saturated heterocycles. The number of hydrogen-bond acceptors (Lipinski definition) is 4. The number of piperazine rings is 1. The van der Waals surface area contributed by atoms with Gasteiger partial charge in [0.05, 0.1) is 12.1 Å². The quantitative estimate of drug-likeness (QED) is 0.829. The average molecular weight is 337 g/mol. The topological polar surface area (TPSA) is 43.2 Å². The number of pyridine rings is 1. The van der Waals surface area contributed by atoms with Crippen LogP contribution in [-0.4, -0.2) is 47.0 Å². The van der Waals surface area contributed by atoms with Gasteiger partial charge in [-0.2, -0.15) is 5.26 Å². The molecule has 4 nitrogen and oxygen atoms in total. The molecule has 2 heterocycles. The van der Waals surface area contributed by atoms with Crippen LogP contribution in [0.5, 0.6) is 0 Å². The van der Waals surface area contributed by atoms with E-state index in [0.717, 1.165) is 50.0 Å². The zero-order chi connectivity index (χ0) is 14.4. The Morgan fingerprint density at radius 2 is 2.10 bits per heavy atom. The first-order chi connectivity index (χ1) is 9.72. The summed E-state index contributed by atoms with van der Waals surface area (Å²) in [5.74, 6) is 0. The molecular formula is C15H21BrN4. The van der Waals surface area contributed by atoms with E-state index in [-0.39, 0.29) is 6.04 Å². The molecule has 1 unspecified atom stereocenters. The molecule has 2 rings (SSSR count). The van der Waals surface area contributed by atoms with E-state index in [4.69, 9.17) is 0 Å². The minimum Gasteiger partial charge on any atom is -0.296 e. The summed E-state index contributed by atoms with van der Waals surface area (Å²) in [6.07, 6.45) is 5.78. The zero-order valence-corrected chi connectivity index (χ0v) is 13.5. The van der Waals surface area contributed by atoms with Crippen LogP contribution in [0.1, 0.15) is 25.3 Å². The Hall–Kier alpha value is -0.960. The number of hydrogen-bond donors (Lipinski definition) is 0. The Morgan fingerprint density at radius 3 is 2.70 bits per heavy atom. The second kappa shape index (κ2) is 7.72. The predicted molar refractivity (Wildman–Crippen MR) is 83.1 cm³/mol. The Kier molecular flexibility index (Phi) is 5.96. The molecule has 5 heteroatoms. The van der Waals surface area contributed by atoms with Crippen molar-refractivity contribution in [3.05, 3.63) is 28.5 Å². The molecule has 0 aliphatic carbocycles. The summed E-state index contributed by atoms with van der Waals surface area (Å²) >= 11 is 3.46. The summed E-state index contributed by atoms with van der Waals surface area (Å²) < 4.78 is 1.03. The van der Waals surface area contributed by atoms with Crippen molar-refractivity contribution in [2.45, 2.75) is 32.4 Å². The average Bonchev–Trinajstić information content (AvgIpc) is 2.46. The standard InChI is InChI=1S/C15H21BrN4/c1-2-3-15(9-17)20-6-4-19(5-7-20)12-13-8-14(16)11-18-10-13/h8,10-11,15H,2-7,12H2,1H3. The molecule has 0 aromatic carbocycles. The van der Waals surface area contributed by atoms with Gasteiger partial charge in [-0.25, -0.2) is 0 Å². The molecule has 0 amide bonds. The molecule has 0 spiro atoms. The molecule has 1 aliphatic rings. The van der Waals surface area contributed by atoms with Crippen molar-refractivity contribution < 1.29 is 0 Å². The zero-order valence-electron chi connectivity index (χ0n) is 11.9. The molecule has 1 fully saturated rings. The van der Waals surface area contributed by atoms with Gasteiger partial charge in [0, 0.05) is 49.6 Å². The lowest BCUT2D eigenvalue weighted by Gasteiger charge is -2.36. The first-order valence-corrected chi connectivity index (χ1v) is 7.97. The third kappa shape index (κ3) is 4.27. The first kappa shape index (κ1) is 15.4. The lowest BCUT2D eigenvalue weighted by atomic mass is 10.1. The largest absolute Gasteiger partial charge is 0.296 e. The Labute approximate surface area is 129 Å². The SMILES string of the molecule is CCCC(C#N)N1CCN(Cc2cncc(Br)c2)CC1. The van der Waals surface area contributed by atoms with Gasteiger partial charge in [-0.3, -0.25) is 14.8 Å². The van der Waals surface area contributed by atoms with E-state index < -0.39 is 0 Å². The van der Waals surface area contributed by atoms with Crippen molar-refractivity contribution in [3.63, 3.8) is 0 Å². The lowest BCUT2D eigenvalue weighted by molar-refractivity contribution is 0.106. The summed E-state index contributed by atoms with van der Waals surface area (Å²) in [5, 5.41) is 9.22. The summed E-state index contributed by atoms with van der Waals surface area (Å²) in [6.45, 7) is 7.09. The maximum atomic E-state index is 9.22. The summed E-state index contributed by atoms with van der Waals surface area (Å²) in [7, 11) is 0. The Balaban J connectivity index is 1.84. The van der Waals surface area contributed by atoms with Gasteiger partial charge < -0.3 is 0 Å². The van der Waals surface area contributed by atoms with E-state index in [1.54, 1.807) is 0 Å². The van der Waals surface area contributed by atoms with E-state index >= 15 is 0 Å². The molecule has 108 valence electrons. The molecule has 0 radical (unpaired) electrons. The smallest absolute Gasteiger partial charge is 0.0978 e. The van der Waals surface area contributed by atoms with Gasteiger partial charge in [0.25, 0.3) is 0 Å². The Bertz CT molecular complexity index is 463. The predicted octanol–water partition coefficient (Wildman–Crippen LogP) is 2.65. The normalized spacial score (nSPS) is 18.6. The molecule has 20 heavy (non-hydrogen) atoms. The maximum absolute atomic E-state index is 9.22. The van der Waals surface area contributed by atoms with Crippen LogP contribution in [0, 0.1) is 11.3 Å². The van der Waals surface area contributed by atoms with Gasteiger partial charge in [0.2, 0.25) is 0 Å². The van der Waals surface area contributed by atoms with Crippen LogP contribution in [0.15, 0.2) is 22.9 Å².